The molecule has 0 heterocycles. The molecule has 2 aromatic carbocycles. The summed E-state index contributed by atoms with van der Waals surface area (Å²) in [6.45, 7) is 3.03. The van der Waals surface area contributed by atoms with Crippen LogP contribution in [0.15, 0.2) is 42.5 Å². The SMILES string of the molecule is Cc1ccc(NC(=O)[C@H](C)OC(=O)CCc2ccccc2F)cc1F. The van der Waals surface area contributed by atoms with Gasteiger partial charge in [-0.3, -0.25) is 9.59 Å². The van der Waals surface area contributed by atoms with Crippen molar-refractivity contribution in [2.75, 3.05) is 5.32 Å². The number of benzene rings is 2. The van der Waals surface area contributed by atoms with Crippen LogP contribution in [-0.4, -0.2) is 18.0 Å². The van der Waals surface area contributed by atoms with Crippen molar-refractivity contribution in [3.8, 4) is 0 Å². The Labute approximate surface area is 144 Å². The zero-order chi connectivity index (χ0) is 18.4. The highest BCUT2D eigenvalue weighted by Gasteiger charge is 2.18. The van der Waals surface area contributed by atoms with Gasteiger partial charge in [-0.15, -0.1) is 0 Å². The molecule has 0 unspecified atom stereocenters. The molecule has 1 amide bonds. The average Bonchev–Trinajstić information content (AvgIpc) is 2.57. The Balaban J connectivity index is 1.84. The van der Waals surface area contributed by atoms with Crippen molar-refractivity contribution in [1.82, 2.24) is 0 Å². The van der Waals surface area contributed by atoms with E-state index in [-0.39, 0.29) is 24.3 Å². The van der Waals surface area contributed by atoms with E-state index in [0.717, 1.165) is 0 Å². The first-order chi connectivity index (χ1) is 11.9. The fourth-order valence-electron chi connectivity index (χ4n) is 2.16. The van der Waals surface area contributed by atoms with Crippen LogP contribution >= 0.6 is 0 Å². The summed E-state index contributed by atoms with van der Waals surface area (Å²) in [5.41, 5.74) is 1.15. The first-order valence-electron chi connectivity index (χ1n) is 7.86. The molecule has 0 aliphatic heterocycles. The molecule has 0 aliphatic carbocycles. The molecule has 0 radical (unpaired) electrons. The van der Waals surface area contributed by atoms with Gasteiger partial charge in [-0.25, -0.2) is 8.78 Å². The lowest BCUT2D eigenvalue weighted by Crippen LogP contribution is -2.30. The third-order valence-corrected chi connectivity index (χ3v) is 3.67. The van der Waals surface area contributed by atoms with Gasteiger partial charge < -0.3 is 10.1 Å². The molecule has 4 nitrogen and oxygen atoms in total. The fraction of sp³-hybridized carbons (Fsp3) is 0.263. The van der Waals surface area contributed by atoms with Crippen LogP contribution in [0.2, 0.25) is 0 Å². The van der Waals surface area contributed by atoms with Gasteiger partial charge in [0.25, 0.3) is 5.91 Å². The highest BCUT2D eigenvalue weighted by atomic mass is 19.1. The van der Waals surface area contributed by atoms with E-state index in [1.165, 1.54) is 25.1 Å². The zero-order valence-electron chi connectivity index (χ0n) is 14.0. The molecule has 0 aromatic heterocycles. The lowest BCUT2D eigenvalue weighted by Gasteiger charge is -2.14. The van der Waals surface area contributed by atoms with Crippen molar-refractivity contribution in [2.24, 2.45) is 0 Å². The number of nitrogens with one attached hydrogen (secondary N) is 1. The summed E-state index contributed by atoms with van der Waals surface area (Å²) < 4.78 is 32.0. The van der Waals surface area contributed by atoms with E-state index in [9.17, 15) is 18.4 Å². The number of carbonyl (C=O) groups is 2. The van der Waals surface area contributed by atoms with Gasteiger partial charge in [0, 0.05) is 12.1 Å². The van der Waals surface area contributed by atoms with Crippen LogP contribution in [0, 0.1) is 18.6 Å². The van der Waals surface area contributed by atoms with E-state index in [1.807, 2.05) is 0 Å². The molecule has 0 saturated heterocycles. The summed E-state index contributed by atoms with van der Waals surface area (Å²) >= 11 is 0. The lowest BCUT2D eigenvalue weighted by molar-refractivity contribution is -0.153. The van der Waals surface area contributed by atoms with E-state index < -0.39 is 23.8 Å². The minimum absolute atomic E-state index is 0.0439. The Morgan fingerprint density at radius 3 is 2.52 bits per heavy atom. The summed E-state index contributed by atoms with van der Waals surface area (Å²) in [5.74, 6) is -2.00. The summed E-state index contributed by atoms with van der Waals surface area (Å²) in [6, 6.07) is 10.4. The number of rotatable bonds is 6. The van der Waals surface area contributed by atoms with Crippen LogP contribution < -0.4 is 5.32 Å². The Morgan fingerprint density at radius 1 is 1.12 bits per heavy atom. The lowest BCUT2D eigenvalue weighted by atomic mass is 10.1. The van der Waals surface area contributed by atoms with Crippen LogP contribution in [0.3, 0.4) is 0 Å². The summed E-state index contributed by atoms with van der Waals surface area (Å²) in [5, 5.41) is 2.48. The molecular weight excluding hydrogens is 328 g/mol. The van der Waals surface area contributed by atoms with Gasteiger partial charge in [-0.05, 0) is 49.6 Å². The largest absolute Gasteiger partial charge is 0.453 e. The molecule has 132 valence electrons. The predicted molar refractivity (Wildman–Crippen MR) is 90.0 cm³/mol. The molecule has 2 rings (SSSR count). The zero-order valence-corrected chi connectivity index (χ0v) is 14.0. The van der Waals surface area contributed by atoms with Crippen LogP contribution in [0.5, 0.6) is 0 Å². The monoisotopic (exact) mass is 347 g/mol. The minimum atomic E-state index is -1.04. The van der Waals surface area contributed by atoms with Crippen LogP contribution in [0.25, 0.3) is 0 Å². The van der Waals surface area contributed by atoms with E-state index in [2.05, 4.69) is 5.32 Å². The van der Waals surface area contributed by atoms with Gasteiger partial charge in [-0.2, -0.15) is 0 Å². The Kier molecular flexibility index (Phi) is 6.22. The molecule has 1 atom stereocenters. The quantitative estimate of drug-likeness (QED) is 0.809. The van der Waals surface area contributed by atoms with Crippen molar-refractivity contribution in [3.05, 3.63) is 65.2 Å². The second-order valence-corrected chi connectivity index (χ2v) is 5.68. The number of hydrogen-bond acceptors (Lipinski definition) is 3. The maximum atomic E-state index is 13.5. The summed E-state index contributed by atoms with van der Waals surface area (Å²) in [6.07, 6.45) is -0.904. The Bertz CT molecular complexity index is 777. The molecule has 1 N–H and O–H groups in total. The number of aryl methyl sites for hydroxylation is 2. The number of amides is 1. The second-order valence-electron chi connectivity index (χ2n) is 5.68. The van der Waals surface area contributed by atoms with Crippen molar-refractivity contribution in [3.63, 3.8) is 0 Å². The predicted octanol–water partition coefficient (Wildman–Crippen LogP) is 3.78. The van der Waals surface area contributed by atoms with Gasteiger partial charge in [0.2, 0.25) is 0 Å². The van der Waals surface area contributed by atoms with E-state index in [4.69, 9.17) is 4.74 Å². The molecule has 2 aromatic rings. The number of anilines is 1. The Hall–Kier alpha value is -2.76. The normalized spacial score (nSPS) is 11.7. The number of ether oxygens (including phenoxy) is 1. The van der Waals surface area contributed by atoms with E-state index in [1.54, 1.807) is 31.2 Å². The van der Waals surface area contributed by atoms with Gasteiger partial charge in [0.05, 0.1) is 0 Å². The van der Waals surface area contributed by atoms with Crippen LogP contribution in [0.4, 0.5) is 14.5 Å². The fourth-order valence-corrected chi connectivity index (χ4v) is 2.16. The standard InChI is InChI=1S/C19H19F2NO3/c1-12-7-9-15(11-17(12)21)22-19(24)13(2)25-18(23)10-8-14-5-3-4-6-16(14)20/h3-7,9,11,13H,8,10H2,1-2H3,(H,22,24)/t13-/m0/s1. The molecule has 6 heteroatoms. The number of esters is 1. The molecule has 0 aliphatic rings. The maximum absolute atomic E-state index is 13.5. The van der Waals surface area contributed by atoms with E-state index >= 15 is 0 Å². The topological polar surface area (TPSA) is 55.4 Å². The average molecular weight is 347 g/mol. The summed E-state index contributed by atoms with van der Waals surface area (Å²) in [4.78, 5) is 23.8. The molecular formula is C19H19F2NO3. The number of hydrogen-bond donors (Lipinski definition) is 1. The molecule has 25 heavy (non-hydrogen) atoms. The van der Waals surface area contributed by atoms with Crippen molar-refractivity contribution < 1.29 is 23.1 Å². The first-order valence-corrected chi connectivity index (χ1v) is 7.86. The maximum Gasteiger partial charge on any atom is 0.306 e. The molecule has 0 saturated carbocycles. The van der Waals surface area contributed by atoms with Crippen molar-refractivity contribution >= 4 is 17.6 Å². The first kappa shape index (κ1) is 18.6. The third kappa shape index (κ3) is 5.38. The van der Waals surface area contributed by atoms with Crippen molar-refractivity contribution in [2.45, 2.75) is 32.8 Å². The second kappa shape index (κ2) is 8.37. The van der Waals surface area contributed by atoms with Gasteiger partial charge >= 0.3 is 5.97 Å². The van der Waals surface area contributed by atoms with Gasteiger partial charge in [0.15, 0.2) is 6.10 Å². The molecule has 0 bridgehead atoms. The highest BCUT2D eigenvalue weighted by molar-refractivity contribution is 5.95. The molecule has 0 spiro atoms. The molecule has 0 fully saturated rings. The number of carbonyl (C=O) groups excluding carboxylic acids is 2. The number of halogens is 2. The van der Waals surface area contributed by atoms with Crippen LogP contribution in [-0.2, 0) is 20.7 Å². The van der Waals surface area contributed by atoms with Gasteiger partial charge in [0.1, 0.15) is 11.6 Å². The van der Waals surface area contributed by atoms with Gasteiger partial charge in [-0.1, -0.05) is 24.3 Å². The smallest absolute Gasteiger partial charge is 0.306 e. The Morgan fingerprint density at radius 2 is 1.84 bits per heavy atom. The third-order valence-electron chi connectivity index (χ3n) is 3.67. The van der Waals surface area contributed by atoms with E-state index in [0.29, 0.717) is 11.1 Å². The summed E-state index contributed by atoms with van der Waals surface area (Å²) in [7, 11) is 0. The highest BCUT2D eigenvalue weighted by Crippen LogP contribution is 2.14. The minimum Gasteiger partial charge on any atom is -0.453 e. The van der Waals surface area contributed by atoms with Crippen molar-refractivity contribution in [1.29, 1.82) is 0 Å². The van der Waals surface area contributed by atoms with Crippen LogP contribution in [0.1, 0.15) is 24.5 Å².